The average molecular weight is 436 g/mol. The summed E-state index contributed by atoms with van der Waals surface area (Å²) in [6.45, 7) is 1.97. The molecular weight excluding hydrogens is 410 g/mol. The van der Waals surface area contributed by atoms with E-state index in [1.54, 1.807) is 19.2 Å². The molecule has 3 aromatic rings. The molecule has 3 aromatic carbocycles. The quantitative estimate of drug-likeness (QED) is 0.556. The fourth-order valence-corrected chi connectivity index (χ4v) is 5.04. The number of nitrogens with zero attached hydrogens (tertiary/aromatic N) is 1. The van der Waals surface area contributed by atoms with Crippen molar-refractivity contribution < 1.29 is 13.2 Å². The molecule has 0 bridgehead atoms. The van der Waals surface area contributed by atoms with Crippen LogP contribution in [-0.4, -0.2) is 27.1 Å². The highest BCUT2D eigenvalue weighted by atomic mass is 32.2. The van der Waals surface area contributed by atoms with Gasteiger partial charge in [-0.1, -0.05) is 49.7 Å². The number of para-hydroxylation sites is 3. The van der Waals surface area contributed by atoms with Crippen LogP contribution in [0.4, 0.5) is 22.7 Å². The molecule has 0 atom stereocenters. The normalized spacial score (nSPS) is 12.8. The molecule has 0 fully saturated rings. The Morgan fingerprint density at radius 2 is 1.52 bits per heavy atom. The van der Waals surface area contributed by atoms with Gasteiger partial charge in [-0.2, -0.15) is 0 Å². The maximum atomic E-state index is 12.8. The lowest BCUT2D eigenvalue weighted by Gasteiger charge is -2.23. The molecule has 7 heteroatoms. The van der Waals surface area contributed by atoms with Crippen molar-refractivity contribution in [3.05, 3.63) is 72.3 Å². The van der Waals surface area contributed by atoms with Crippen molar-refractivity contribution in [1.82, 2.24) is 0 Å². The van der Waals surface area contributed by atoms with E-state index in [4.69, 9.17) is 0 Å². The molecule has 1 aliphatic heterocycles. The summed E-state index contributed by atoms with van der Waals surface area (Å²) in [7, 11) is -1.83. The topological polar surface area (TPSA) is 78.5 Å². The Hall–Kier alpha value is -3.32. The van der Waals surface area contributed by atoms with Crippen molar-refractivity contribution in [1.29, 1.82) is 0 Å². The molecule has 0 saturated heterocycles. The van der Waals surface area contributed by atoms with Gasteiger partial charge in [0.25, 0.3) is 5.91 Å². The van der Waals surface area contributed by atoms with E-state index in [1.807, 2.05) is 61.5 Å². The predicted molar refractivity (Wildman–Crippen MR) is 127 cm³/mol. The third kappa shape index (κ3) is 4.14. The van der Waals surface area contributed by atoms with Crippen molar-refractivity contribution >= 4 is 38.7 Å². The SMILES string of the molecule is CCCCS(=O)(=O)N(C)c1ccccc1-c1ccc2c(c1)Nc1ccccc1NC2=O. The average Bonchev–Trinajstić information content (AvgIpc) is 2.92. The van der Waals surface area contributed by atoms with Gasteiger partial charge in [0.2, 0.25) is 10.0 Å². The molecule has 0 unspecified atom stereocenters. The molecule has 1 amide bonds. The maximum Gasteiger partial charge on any atom is 0.257 e. The molecule has 2 N–H and O–H groups in total. The largest absolute Gasteiger partial charge is 0.353 e. The van der Waals surface area contributed by atoms with E-state index in [1.165, 1.54) is 4.31 Å². The number of unbranched alkanes of at least 4 members (excludes halogenated alkanes) is 1. The van der Waals surface area contributed by atoms with Gasteiger partial charge in [-0.3, -0.25) is 9.10 Å². The van der Waals surface area contributed by atoms with Crippen LogP contribution in [0.5, 0.6) is 0 Å². The Kier molecular flexibility index (Phi) is 5.69. The monoisotopic (exact) mass is 435 g/mol. The van der Waals surface area contributed by atoms with Gasteiger partial charge in [-0.25, -0.2) is 8.42 Å². The summed E-state index contributed by atoms with van der Waals surface area (Å²) in [5.41, 5.74) is 4.94. The summed E-state index contributed by atoms with van der Waals surface area (Å²) < 4.78 is 26.9. The lowest BCUT2D eigenvalue weighted by molar-refractivity contribution is 0.102. The standard InChI is InChI=1S/C24H25N3O3S/c1-3-4-15-31(29,30)27(2)23-12-8-5-9-18(23)17-13-14-19-22(16-17)25-20-10-6-7-11-21(20)26-24(19)28/h5-14,16,25H,3-4,15H2,1-2H3,(H,26,28). The second-order valence-corrected chi connectivity index (χ2v) is 9.66. The minimum Gasteiger partial charge on any atom is -0.353 e. The minimum atomic E-state index is -3.42. The van der Waals surface area contributed by atoms with E-state index in [9.17, 15) is 13.2 Å². The Morgan fingerprint density at radius 1 is 0.839 bits per heavy atom. The van der Waals surface area contributed by atoms with E-state index >= 15 is 0 Å². The number of sulfonamides is 1. The van der Waals surface area contributed by atoms with Gasteiger partial charge in [-0.05, 0) is 42.3 Å². The van der Waals surface area contributed by atoms with Crippen molar-refractivity contribution in [2.45, 2.75) is 19.8 Å². The highest BCUT2D eigenvalue weighted by Gasteiger charge is 2.23. The summed E-state index contributed by atoms with van der Waals surface area (Å²) in [5.74, 6) is -0.0802. The molecule has 0 radical (unpaired) electrons. The molecule has 31 heavy (non-hydrogen) atoms. The fourth-order valence-electron chi connectivity index (χ4n) is 3.65. The number of hydrogen-bond donors (Lipinski definition) is 2. The second kappa shape index (κ2) is 8.43. The van der Waals surface area contributed by atoms with Gasteiger partial charge in [0.1, 0.15) is 0 Å². The van der Waals surface area contributed by atoms with Gasteiger partial charge in [0, 0.05) is 12.6 Å². The van der Waals surface area contributed by atoms with E-state index in [0.29, 0.717) is 29.0 Å². The van der Waals surface area contributed by atoms with Crippen molar-refractivity contribution in [3.63, 3.8) is 0 Å². The zero-order chi connectivity index (χ0) is 22.0. The Balaban J connectivity index is 1.76. The zero-order valence-electron chi connectivity index (χ0n) is 17.6. The van der Waals surface area contributed by atoms with Crippen LogP contribution < -0.4 is 14.9 Å². The van der Waals surface area contributed by atoms with E-state index in [-0.39, 0.29) is 11.7 Å². The van der Waals surface area contributed by atoms with Gasteiger partial charge in [0.15, 0.2) is 0 Å². The van der Waals surface area contributed by atoms with Crippen LogP contribution in [0, 0.1) is 0 Å². The number of carbonyl (C=O) groups is 1. The van der Waals surface area contributed by atoms with Gasteiger partial charge < -0.3 is 10.6 Å². The first-order valence-electron chi connectivity index (χ1n) is 10.3. The summed E-state index contributed by atoms with van der Waals surface area (Å²) in [6.07, 6.45) is 1.43. The van der Waals surface area contributed by atoms with E-state index in [2.05, 4.69) is 10.6 Å². The van der Waals surface area contributed by atoms with Crippen LogP contribution in [-0.2, 0) is 10.0 Å². The van der Waals surface area contributed by atoms with Crippen LogP contribution in [0.2, 0.25) is 0 Å². The second-order valence-electron chi connectivity index (χ2n) is 7.54. The number of rotatable bonds is 6. The smallest absolute Gasteiger partial charge is 0.257 e. The predicted octanol–water partition coefficient (Wildman–Crippen LogP) is 5.23. The van der Waals surface area contributed by atoms with Crippen molar-refractivity contribution in [2.24, 2.45) is 0 Å². The van der Waals surface area contributed by atoms with Crippen LogP contribution in [0.1, 0.15) is 30.1 Å². The van der Waals surface area contributed by atoms with Gasteiger partial charge >= 0.3 is 0 Å². The lowest BCUT2D eigenvalue weighted by atomic mass is 10.0. The molecule has 4 rings (SSSR count). The minimum absolute atomic E-state index is 0.108. The summed E-state index contributed by atoms with van der Waals surface area (Å²) in [5, 5.41) is 6.25. The number of fused-ring (bicyclic) bond motifs is 2. The molecule has 0 saturated carbocycles. The molecular formula is C24H25N3O3S. The van der Waals surface area contributed by atoms with Crippen LogP contribution in [0.3, 0.4) is 0 Å². The molecule has 160 valence electrons. The van der Waals surface area contributed by atoms with Gasteiger partial charge in [-0.15, -0.1) is 0 Å². The number of benzene rings is 3. The molecule has 6 nitrogen and oxygen atoms in total. The Bertz CT molecular complexity index is 1240. The number of anilines is 4. The lowest BCUT2D eigenvalue weighted by Crippen LogP contribution is -2.29. The fraction of sp³-hybridized carbons (Fsp3) is 0.208. The Labute approximate surface area is 183 Å². The summed E-state index contributed by atoms with van der Waals surface area (Å²) in [4.78, 5) is 12.7. The first-order valence-corrected chi connectivity index (χ1v) is 11.9. The molecule has 0 aliphatic carbocycles. The van der Waals surface area contributed by atoms with Crippen molar-refractivity contribution in [3.8, 4) is 11.1 Å². The number of carbonyl (C=O) groups excluding carboxylic acids is 1. The third-order valence-corrected chi connectivity index (χ3v) is 7.27. The summed E-state index contributed by atoms with van der Waals surface area (Å²) >= 11 is 0. The molecule has 0 spiro atoms. The number of hydrogen-bond acceptors (Lipinski definition) is 4. The van der Waals surface area contributed by atoms with E-state index < -0.39 is 10.0 Å². The highest BCUT2D eigenvalue weighted by molar-refractivity contribution is 7.92. The summed E-state index contributed by atoms with van der Waals surface area (Å²) in [6, 6.07) is 20.4. The van der Waals surface area contributed by atoms with E-state index in [0.717, 1.165) is 23.2 Å². The van der Waals surface area contributed by atoms with Crippen LogP contribution >= 0.6 is 0 Å². The van der Waals surface area contributed by atoms with Crippen molar-refractivity contribution in [2.75, 3.05) is 27.7 Å². The first-order chi connectivity index (χ1) is 14.9. The highest BCUT2D eigenvalue weighted by Crippen LogP contribution is 2.37. The number of nitrogens with one attached hydrogen (secondary N) is 2. The maximum absolute atomic E-state index is 12.8. The Morgan fingerprint density at radius 3 is 2.26 bits per heavy atom. The molecule has 0 aromatic heterocycles. The first kappa shape index (κ1) is 20.9. The van der Waals surface area contributed by atoms with Crippen LogP contribution in [0.25, 0.3) is 11.1 Å². The molecule has 1 aliphatic rings. The zero-order valence-corrected chi connectivity index (χ0v) is 18.4. The molecule has 1 heterocycles. The number of amides is 1. The van der Waals surface area contributed by atoms with Gasteiger partial charge in [0.05, 0.1) is 34.1 Å². The third-order valence-electron chi connectivity index (χ3n) is 5.44. The van der Waals surface area contributed by atoms with Crippen LogP contribution in [0.15, 0.2) is 66.7 Å².